The van der Waals surface area contributed by atoms with Crippen LogP contribution in [0.3, 0.4) is 0 Å². The van der Waals surface area contributed by atoms with Crippen LogP contribution in [-0.4, -0.2) is 18.2 Å². The number of rotatable bonds is 7. The highest BCUT2D eigenvalue weighted by molar-refractivity contribution is 7.99. The molecule has 2 aromatic rings. The van der Waals surface area contributed by atoms with Gasteiger partial charge in [-0.1, -0.05) is 36.4 Å². The van der Waals surface area contributed by atoms with Gasteiger partial charge in [-0.2, -0.15) is 5.26 Å². The van der Waals surface area contributed by atoms with Crippen molar-refractivity contribution in [1.29, 1.82) is 5.26 Å². The number of nitrogens with zero attached hydrogens (tertiary/aromatic N) is 2. The fourth-order valence-corrected chi connectivity index (χ4v) is 3.44. The first-order valence-electron chi connectivity index (χ1n) is 7.97. The summed E-state index contributed by atoms with van der Waals surface area (Å²) >= 11 is 1.61. The number of aryl methyl sites for hydroxylation is 2. The van der Waals surface area contributed by atoms with Gasteiger partial charge in [-0.15, -0.1) is 11.8 Å². The largest absolute Gasteiger partial charge is 0.311 e. The second-order valence-electron chi connectivity index (χ2n) is 5.78. The summed E-state index contributed by atoms with van der Waals surface area (Å²) in [6, 6.07) is 18.4. The Kier molecular flexibility index (Phi) is 6.89. The first-order valence-corrected chi connectivity index (χ1v) is 9.13. The van der Waals surface area contributed by atoms with Crippen LogP contribution in [0.25, 0.3) is 0 Å². The van der Waals surface area contributed by atoms with Crippen LogP contribution in [0, 0.1) is 25.2 Å². The van der Waals surface area contributed by atoms with Crippen LogP contribution >= 0.6 is 11.8 Å². The van der Waals surface area contributed by atoms with Crippen LogP contribution in [0.15, 0.2) is 48.5 Å². The summed E-state index contributed by atoms with van der Waals surface area (Å²) in [6.45, 7) is 4.48. The normalized spacial score (nSPS) is 10.2. The molecule has 124 valence electrons. The highest BCUT2D eigenvalue weighted by Gasteiger charge is 2.16. The SMILES string of the molecule is Cc1cc(C)cc(N(CCC#N)C(=O)CSCc2ccccc2)c1. The molecule has 0 N–H and O–H groups in total. The maximum atomic E-state index is 12.7. The number of hydrogen-bond donors (Lipinski definition) is 0. The maximum Gasteiger partial charge on any atom is 0.237 e. The average Bonchev–Trinajstić information content (AvgIpc) is 2.55. The molecule has 0 saturated carbocycles. The van der Waals surface area contributed by atoms with E-state index in [1.54, 1.807) is 16.7 Å². The molecular formula is C20H22N2OS. The van der Waals surface area contributed by atoms with Gasteiger partial charge in [-0.3, -0.25) is 4.79 Å². The van der Waals surface area contributed by atoms with Gasteiger partial charge in [0.15, 0.2) is 0 Å². The number of thioether (sulfide) groups is 1. The van der Waals surface area contributed by atoms with Gasteiger partial charge in [0.2, 0.25) is 5.91 Å². The van der Waals surface area contributed by atoms with E-state index >= 15 is 0 Å². The van der Waals surface area contributed by atoms with Gasteiger partial charge < -0.3 is 4.90 Å². The molecule has 0 heterocycles. The quantitative estimate of drug-likeness (QED) is 0.747. The molecule has 2 rings (SSSR count). The third kappa shape index (κ3) is 5.43. The van der Waals surface area contributed by atoms with Crippen molar-refractivity contribution in [3.8, 4) is 6.07 Å². The maximum absolute atomic E-state index is 12.7. The minimum atomic E-state index is 0.0520. The van der Waals surface area contributed by atoms with Gasteiger partial charge in [-0.25, -0.2) is 0 Å². The van der Waals surface area contributed by atoms with E-state index in [4.69, 9.17) is 5.26 Å². The molecule has 0 aliphatic heterocycles. The second-order valence-corrected chi connectivity index (χ2v) is 6.76. The lowest BCUT2D eigenvalue weighted by molar-refractivity contribution is -0.116. The number of benzene rings is 2. The Bertz CT molecular complexity index is 702. The van der Waals surface area contributed by atoms with Crippen molar-refractivity contribution in [2.24, 2.45) is 0 Å². The molecular weight excluding hydrogens is 316 g/mol. The second kappa shape index (κ2) is 9.14. The Hall–Kier alpha value is -2.25. The first kappa shape index (κ1) is 18.1. The predicted octanol–water partition coefficient (Wildman–Crippen LogP) is 4.48. The average molecular weight is 338 g/mol. The third-order valence-corrected chi connectivity index (χ3v) is 4.59. The van der Waals surface area contributed by atoms with Gasteiger partial charge in [0.05, 0.1) is 18.2 Å². The molecule has 0 fully saturated rings. The Morgan fingerprint density at radius 3 is 2.42 bits per heavy atom. The Morgan fingerprint density at radius 2 is 1.79 bits per heavy atom. The zero-order valence-corrected chi connectivity index (χ0v) is 15.0. The van der Waals surface area contributed by atoms with Crippen molar-refractivity contribution in [2.45, 2.75) is 26.0 Å². The van der Waals surface area contributed by atoms with E-state index < -0.39 is 0 Å². The molecule has 0 radical (unpaired) electrons. The van der Waals surface area contributed by atoms with Crippen LogP contribution in [0.1, 0.15) is 23.1 Å². The van der Waals surface area contributed by atoms with Crippen LogP contribution < -0.4 is 4.90 Å². The Balaban J connectivity index is 2.03. The van der Waals surface area contributed by atoms with Gasteiger partial charge >= 0.3 is 0 Å². The molecule has 0 aliphatic rings. The Morgan fingerprint density at radius 1 is 1.12 bits per heavy atom. The molecule has 0 spiro atoms. The van der Waals surface area contributed by atoms with Gasteiger partial charge in [0, 0.05) is 18.0 Å². The topological polar surface area (TPSA) is 44.1 Å². The zero-order valence-electron chi connectivity index (χ0n) is 14.2. The van der Waals surface area contributed by atoms with Crippen LogP contribution in [0.4, 0.5) is 5.69 Å². The molecule has 1 amide bonds. The molecule has 0 aromatic heterocycles. The molecule has 0 saturated heterocycles. The standard InChI is InChI=1S/C20H22N2OS/c1-16-11-17(2)13-19(12-16)22(10-6-9-21)20(23)15-24-14-18-7-4-3-5-8-18/h3-5,7-8,11-13H,6,10,14-15H2,1-2H3. The number of hydrogen-bond acceptors (Lipinski definition) is 3. The molecule has 0 aliphatic carbocycles. The highest BCUT2D eigenvalue weighted by Crippen LogP contribution is 2.21. The first-order chi connectivity index (χ1) is 11.6. The minimum absolute atomic E-state index is 0.0520. The van der Waals surface area contributed by atoms with Gasteiger partial charge in [-0.05, 0) is 42.7 Å². The number of anilines is 1. The summed E-state index contributed by atoms with van der Waals surface area (Å²) in [7, 11) is 0. The monoisotopic (exact) mass is 338 g/mol. The summed E-state index contributed by atoms with van der Waals surface area (Å²) < 4.78 is 0. The van der Waals surface area contributed by atoms with Gasteiger partial charge in [0.1, 0.15) is 0 Å². The number of nitriles is 1. The molecule has 2 aromatic carbocycles. The molecule has 24 heavy (non-hydrogen) atoms. The van der Waals surface area contributed by atoms with Crippen molar-refractivity contribution < 1.29 is 4.79 Å². The zero-order chi connectivity index (χ0) is 17.4. The minimum Gasteiger partial charge on any atom is -0.311 e. The fourth-order valence-electron chi connectivity index (χ4n) is 2.57. The van der Waals surface area contributed by atoms with Crippen LogP contribution in [0.2, 0.25) is 0 Å². The summed E-state index contributed by atoms with van der Waals surface area (Å²) in [6.07, 6.45) is 0.335. The molecule has 3 nitrogen and oxygen atoms in total. The van der Waals surface area contributed by atoms with E-state index in [1.165, 1.54) is 5.56 Å². The summed E-state index contributed by atoms with van der Waals surface area (Å²) in [5.74, 6) is 1.27. The number of amides is 1. The number of carbonyl (C=O) groups excluding carboxylic acids is 1. The van der Waals surface area contributed by atoms with Crippen LogP contribution in [-0.2, 0) is 10.5 Å². The van der Waals surface area contributed by atoms with E-state index in [0.717, 1.165) is 22.6 Å². The smallest absolute Gasteiger partial charge is 0.237 e. The van der Waals surface area contributed by atoms with Crippen molar-refractivity contribution >= 4 is 23.4 Å². The molecule has 0 bridgehead atoms. The molecule has 4 heteroatoms. The van der Waals surface area contributed by atoms with Gasteiger partial charge in [0.25, 0.3) is 0 Å². The molecule has 0 atom stereocenters. The summed E-state index contributed by atoms with van der Waals surface area (Å²) in [5, 5.41) is 8.88. The number of carbonyl (C=O) groups is 1. The third-order valence-electron chi connectivity index (χ3n) is 3.60. The molecule has 0 unspecified atom stereocenters. The van der Waals surface area contributed by atoms with E-state index in [1.807, 2.05) is 44.2 Å². The Labute approximate surface area is 148 Å². The van der Waals surface area contributed by atoms with E-state index in [9.17, 15) is 4.79 Å². The van der Waals surface area contributed by atoms with E-state index in [-0.39, 0.29) is 5.91 Å². The van der Waals surface area contributed by atoms with E-state index in [0.29, 0.717) is 18.7 Å². The summed E-state index contributed by atoms with van der Waals surface area (Å²) in [5.41, 5.74) is 4.34. The van der Waals surface area contributed by atoms with Crippen molar-refractivity contribution in [1.82, 2.24) is 0 Å². The van der Waals surface area contributed by atoms with Crippen molar-refractivity contribution in [3.05, 3.63) is 65.2 Å². The highest BCUT2D eigenvalue weighted by atomic mass is 32.2. The lowest BCUT2D eigenvalue weighted by Crippen LogP contribution is -2.33. The van der Waals surface area contributed by atoms with Crippen molar-refractivity contribution in [2.75, 3.05) is 17.2 Å². The lowest BCUT2D eigenvalue weighted by Gasteiger charge is -2.22. The van der Waals surface area contributed by atoms with E-state index in [2.05, 4.69) is 24.3 Å². The fraction of sp³-hybridized carbons (Fsp3) is 0.300. The van der Waals surface area contributed by atoms with Crippen molar-refractivity contribution in [3.63, 3.8) is 0 Å². The van der Waals surface area contributed by atoms with Crippen LogP contribution in [0.5, 0.6) is 0 Å². The predicted molar refractivity (Wildman–Crippen MR) is 101 cm³/mol. The lowest BCUT2D eigenvalue weighted by atomic mass is 10.1. The summed E-state index contributed by atoms with van der Waals surface area (Å²) in [4.78, 5) is 14.4.